The van der Waals surface area contributed by atoms with Crippen LogP contribution in [0.5, 0.6) is 0 Å². The van der Waals surface area contributed by atoms with Crippen LogP contribution in [0.15, 0.2) is 30.3 Å². The summed E-state index contributed by atoms with van der Waals surface area (Å²) in [4.78, 5) is 0. The van der Waals surface area contributed by atoms with Crippen molar-refractivity contribution in [3.8, 4) is 0 Å². The van der Waals surface area contributed by atoms with Crippen LogP contribution in [-0.4, -0.2) is 17.3 Å². The van der Waals surface area contributed by atoms with E-state index in [9.17, 15) is 5.11 Å². The summed E-state index contributed by atoms with van der Waals surface area (Å²) >= 11 is 0. The zero-order valence-electron chi connectivity index (χ0n) is 14.5. The van der Waals surface area contributed by atoms with Gasteiger partial charge in [0.05, 0.1) is 18.8 Å². The van der Waals surface area contributed by atoms with Gasteiger partial charge in [-0.3, -0.25) is 0 Å². The second kappa shape index (κ2) is 5.60. The van der Waals surface area contributed by atoms with Crippen molar-refractivity contribution in [3.05, 3.63) is 35.9 Å². The predicted molar refractivity (Wildman–Crippen MR) is 91.9 cm³/mol. The van der Waals surface area contributed by atoms with Crippen molar-refractivity contribution in [1.29, 1.82) is 0 Å². The molecule has 3 fully saturated rings. The maximum atomic E-state index is 10.8. The van der Waals surface area contributed by atoms with Gasteiger partial charge in [-0.25, -0.2) is 0 Å². The monoisotopic (exact) mass is 314 g/mol. The maximum Gasteiger partial charge on any atom is 0.0721 e. The van der Waals surface area contributed by atoms with Crippen LogP contribution in [0, 0.1) is 22.7 Å². The Hall–Kier alpha value is -0.860. The molecule has 2 heteroatoms. The van der Waals surface area contributed by atoms with Crippen LogP contribution in [0.3, 0.4) is 0 Å². The summed E-state index contributed by atoms with van der Waals surface area (Å²) in [5.41, 5.74) is 1.72. The molecule has 2 nitrogen and oxygen atoms in total. The zero-order chi connectivity index (χ0) is 16.1. The van der Waals surface area contributed by atoms with Crippen LogP contribution in [0.4, 0.5) is 0 Å². The highest BCUT2D eigenvalue weighted by molar-refractivity contribution is 5.15. The molecule has 4 rings (SSSR count). The molecule has 2 bridgehead atoms. The number of hydrogen-bond donors (Lipinski definition) is 1. The number of aliphatic hydroxyl groups excluding tert-OH is 1. The second-order valence-electron chi connectivity index (χ2n) is 8.84. The Morgan fingerprint density at radius 1 is 1.13 bits per heavy atom. The molecule has 1 unspecified atom stereocenters. The molecule has 3 aliphatic rings. The lowest BCUT2D eigenvalue weighted by atomic mass is 9.50. The van der Waals surface area contributed by atoms with Gasteiger partial charge in [0, 0.05) is 0 Å². The Labute approximate surface area is 140 Å². The van der Waals surface area contributed by atoms with Crippen molar-refractivity contribution in [2.75, 3.05) is 0 Å². The Balaban J connectivity index is 1.58. The van der Waals surface area contributed by atoms with E-state index in [1.807, 2.05) is 0 Å². The Morgan fingerprint density at radius 2 is 1.91 bits per heavy atom. The molecule has 126 valence electrons. The molecule has 0 heterocycles. The van der Waals surface area contributed by atoms with Crippen molar-refractivity contribution >= 4 is 0 Å². The van der Waals surface area contributed by atoms with Crippen LogP contribution >= 0.6 is 0 Å². The summed E-state index contributed by atoms with van der Waals surface area (Å²) in [6.45, 7) is 5.41. The predicted octanol–water partition coefficient (Wildman–Crippen LogP) is 4.56. The fourth-order valence-corrected chi connectivity index (χ4v) is 6.54. The average molecular weight is 314 g/mol. The Morgan fingerprint density at radius 3 is 2.70 bits per heavy atom. The third kappa shape index (κ3) is 2.46. The number of hydrogen-bond acceptors (Lipinski definition) is 2. The smallest absolute Gasteiger partial charge is 0.0721 e. The summed E-state index contributed by atoms with van der Waals surface area (Å²) in [5.74, 6) is 1.08. The first kappa shape index (κ1) is 15.7. The van der Waals surface area contributed by atoms with E-state index in [0.29, 0.717) is 23.9 Å². The molecule has 0 aliphatic heterocycles. The van der Waals surface area contributed by atoms with Gasteiger partial charge < -0.3 is 9.84 Å². The van der Waals surface area contributed by atoms with Crippen molar-refractivity contribution in [2.45, 2.75) is 71.2 Å². The minimum Gasteiger partial charge on any atom is -0.393 e. The first-order valence-corrected chi connectivity index (χ1v) is 9.36. The molecule has 0 saturated heterocycles. The van der Waals surface area contributed by atoms with Crippen molar-refractivity contribution in [3.63, 3.8) is 0 Å². The van der Waals surface area contributed by atoms with Gasteiger partial charge in [0.25, 0.3) is 0 Å². The molecular weight excluding hydrogens is 284 g/mol. The van der Waals surface area contributed by atoms with Crippen molar-refractivity contribution in [1.82, 2.24) is 0 Å². The topological polar surface area (TPSA) is 29.5 Å². The van der Waals surface area contributed by atoms with E-state index >= 15 is 0 Å². The van der Waals surface area contributed by atoms with Gasteiger partial charge in [0.15, 0.2) is 0 Å². The lowest BCUT2D eigenvalue weighted by Crippen LogP contribution is -2.57. The first-order chi connectivity index (χ1) is 11.0. The van der Waals surface area contributed by atoms with Crippen LogP contribution in [0.1, 0.15) is 57.9 Å². The minimum atomic E-state index is -0.138. The van der Waals surface area contributed by atoms with Crippen LogP contribution < -0.4 is 0 Å². The summed E-state index contributed by atoms with van der Waals surface area (Å²) < 4.78 is 6.50. The number of fused-ring (bicyclic) bond motifs is 1. The van der Waals surface area contributed by atoms with Gasteiger partial charge in [0.2, 0.25) is 0 Å². The Bertz CT molecular complexity index is 552. The lowest BCUT2D eigenvalue weighted by molar-refractivity contribution is -0.186. The van der Waals surface area contributed by atoms with Crippen LogP contribution in [0.25, 0.3) is 0 Å². The number of ether oxygens (including phenoxy) is 1. The van der Waals surface area contributed by atoms with Crippen molar-refractivity contribution < 1.29 is 9.84 Å². The number of aliphatic hydroxyl groups is 1. The van der Waals surface area contributed by atoms with E-state index in [-0.39, 0.29) is 17.6 Å². The van der Waals surface area contributed by atoms with Crippen LogP contribution in [-0.2, 0) is 11.3 Å². The highest BCUT2D eigenvalue weighted by Crippen LogP contribution is 2.66. The standard InChI is InChI=1S/C21H30O2/c1-20(2)18-17(22)9-6-11-21(18)12-10-16(13-21)19(20)23-14-15-7-4-3-5-8-15/h3-5,7-8,16-19,22H,6,9-14H2,1-2H3/t16-,17?,18-,19-,21+/m0/s1. The van der Waals surface area contributed by atoms with E-state index in [4.69, 9.17) is 4.74 Å². The summed E-state index contributed by atoms with van der Waals surface area (Å²) in [6, 6.07) is 10.5. The third-order valence-corrected chi connectivity index (χ3v) is 7.14. The van der Waals surface area contributed by atoms with E-state index in [2.05, 4.69) is 44.2 Å². The molecule has 0 amide bonds. The molecular formula is C21H30O2. The SMILES string of the molecule is CC1(C)[C@@H](OCc2ccccc2)[C@H]2CC[C@]3(CCCC(O)[C@@H]13)C2. The van der Waals surface area contributed by atoms with Gasteiger partial charge >= 0.3 is 0 Å². The molecule has 1 N–H and O–H groups in total. The van der Waals surface area contributed by atoms with Gasteiger partial charge in [-0.1, -0.05) is 50.6 Å². The van der Waals surface area contributed by atoms with Crippen LogP contribution in [0.2, 0.25) is 0 Å². The molecule has 1 spiro atoms. The largest absolute Gasteiger partial charge is 0.393 e. The molecule has 5 atom stereocenters. The quantitative estimate of drug-likeness (QED) is 0.886. The van der Waals surface area contributed by atoms with Gasteiger partial charge in [0.1, 0.15) is 0 Å². The molecule has 0 radical (unpaired) electrons. The molecule has 1 aromatic carbocycles. The van der Waals surface area contributed by atoms with Crippen molar-refractivity contribution in [2.24, 2.45) is 22.7 Å². The molecule has 1 aromatic rings. The summed E-state index contributed by atoms with van der Waals surface area (Å²) in [7, 11) is 0. The van der Waals surface area contributed by atoms with E-state index in [0.717, 1.165) is 6.42 Å². The van der Waals surface area contributed by atoms with Gasteiger partial charge in [-0.2, -0.15) is 0 Å². The summed E-state index contributed by atoms with van der Waals surface area (Å²) in [5, 5.41) is 10.8. The Kier molecular flexibility index (Phi) is 3.81. The second-order valence-corrected chi connectivity index (χ2v) is 8.84. The number of rotatable bonds is 3. The van der Waals surface area contributed by atoms with Gasteiger partial charge in [-0.15, -0.1) is 0 Å². The first-order valence-electron chi connectivity index (χ1n) is 9.36. The van der Waals surface area contributed by atoms with E-state index in [1.54, 1.807) is 0 Å². The average Bonchev–Trinajstić information content (AvgIpc) is 2.87. The fraction of sp³-hybridized carbons (Fsp3) is 0.714. The van der Waals surface area contributed by atoms with E-state index < -0.39 is 0 Å². The molecule has 0 aromatic heterocycles. The number of benzene rings is 1. The highest BCUT2D eigenvalue weighted by atomic mass is 16.5. The molecule has 23 heavy (non-hydrogen) atoms. The summed E-state index contributed by atoms with van der Waals surface area (Å²) in [6.07, 6.45) is 7.50. The maximum absolute atomic E-state index is 10.8. The van der Waals surface area contributed by atoms with E-state index in [1.165, 1.54) is 37.7 Å². The highest BCUT2D eigenvalue weighted by Gasteiger charge is 2.63. The molecule has 3 aliphatic carbocycles. The minimum absolute atomic E-state index is 0.0635. The fourth-order valence-electron chi connectivity index (χ4n) is 6.54. The third-order valence-electron chi connectivity index (χ3n) is 7.14. The normalized spacial score (nSPS) is 41.5. The molecule has 3 saturated carbocycles. The lowest BCUT2D eigenvalue weighted by Gasteiger charge is -2.58. The van der Waals surface area contributed by atoms with Gasteiger partial charge in [-0.05, 0) is 60.3 Å². The zero-order valence-corrected chi connectivity index (χ0v) is 14.5.